The number of imidazole rings is 1. The summed E-state index contributed by atoms with van der Waals surface area (Å²) >= 11 is 3.37. The van der Waals surface area contributed by atoms with Crippen LogP contribution in [0.2, 0.25) is 0 Å². The Balaban J connectivity index is 2.70. The third-order valence-electron chi connectivity index (χ3n) is 2.59. The summed E-state index contributed by atoms with van der Waals surface area (Å²) in [7, 11) is 0. The number of aromatic nitrogens is 3. The number of fused-ring (bicyclic) bond motifs is 3. The molecule has 5 heteroatoms. The van der Waals surface area contributed by atoms with E-state index in [0.29, 0.717) is 10.3 Å². The van der Waals surface area contributed by atoms with E-state index in [-0.39, 0.29) is 5.69 Å². The standard InChI is InChI=1S/C11H8BrN3O/c1-6-9(12)15-10(13-6)7-4-2-3-5-8(7)14-11(15)16/h2-5H,1H3,(H,14,16). The van der Waals surface area contributed by atoms with E-state index in [9.17, 15) is 4.79 Å². The first-order chi connectivity index (χ1) is 7.68. The lowest BCUT2D eigenvalue weighted by atomic mass is 10.2. The zero-order valence-electron chi connectivity index (χ0n) is 8.49. The lowest BCUT2D eigenvalue weighted by molar-refractivity contribution is 1.01. The molecule has 0 radical (unpaired) electrons. The highest BCUT2D eigenvalue weighted by Crippen LogP contribution is 2.21. The monoisotopic (exact) mass is 277 g/mol. The van der Waals surface area contributed by atoms with Crippen molar-refractivity contribution in [2.24, 2.45) is 0 Å². The van der Waals surface area contributed by atoms with E-state index in [1.165, 1.54) is 4.40 Å². The molecule has 2 aromatic heterocycles. The summed E-state index contributed by atoms with van der Waals surface area (Å²) in [5.41, 5.74) is 2.12. The average Bonchev–Trinajstić information content (AvgIpc) is 2.57. The summed E-state index contributed by atoms with van der Waals surface area (Å²) in [5.74, 6) is 0. The summed E-state index contributed by atoms with van der Waals surface area (Å²) in [6.07, 6.45) is 0. The van der Waals surface area contributed by atoms with Crippen LogP contribution in [0.15, 0.2) is 33.7 Å². The van der Waals surface area contributed by atoms with Gasteiger partial charge in [0.15, 0.2) is 5.65 Å². The van der Waals surface area contributed by atoms with Crippen molar-refractivity contribution in [2.45, 2.75) is 6.92 Å². The number of hydrogen-bond donors (Lipinski definition) is 1. The van der Waals surface area contributed by atoms with Gasteiger partial charge in [0.05, 0.1) is 11.2 Å². The fraction of sp³-hybridized carbons (Fsp3) is 0.0909. The predicted molar refractivity (Wildman–Crippen MR) is 65.8 cm³/mol. The highest BCUT2D eigenvalue weighted by molar-refractivity contribution is 9.10. The quantitative estimate of drug-likeness (QED) is 0.685. The minimum Gasteiger partial charge on any atom is -0.306 e. The van der Waals surface area contributed by atoms with Gasteiger partial charge in [0.25, 0.3) is 0 Å². The molecule has 1 aromatic carbocycles. The van der Waals surface area contributed by atoms with E-state index in [0.717, 1.165) is 16.6 Å². The molecule has 4 nitrogen and oxygen atoms in total. The fourth-order valence-corrected chi connectivity index (χ4v) is 2.25. The molecule has 0 aliphatic heterocycles. The Hall–Kier alpha value is -1.62. The SMILES string of the molecule is Cc1nc2c3ccccc3[nH]c(=O)n2c1Br. The molecule has 0 saturated heterocycles. The second kappa shape index (κ2) is 3.18. The molecule has 0 unspecified atom stereocenters. The highest BCUT2D eigenvalue weighted by atomic mass is 79.9. The lowest BCUT2D eigenvalue weighted by Crippen LogP contribution is -2.16. The Labute approximate surface area is 99.1 Å². The van der Waals surface area contributed by atoms with Gasteiger partial charge >= 0.3 is 5.69 Å². The van der Waals surface area contributed by atoms with Crippen LogP contribution in [0.3, 0.4) is 0 Å². The number of halogens is 1. The van der Waals surface area contributed by atoms with Gasteiger partial charge < -0.3 is 4.98 Å². The molecule has 0 aliphatic rings. The number of nitrogens with zero attached hydrogens (tertiary/aromatic N) is 2. The molecule has 0 atom stereocenters. The molecule has 1 N–H and O–H groups in total. The molecular formula is C11H8BrN3O. The van der Waals surface area contributed by atoms with Crippen LogP contribution in [-0.2, 0) is 0 Å². The molecule has 0 aliphatic carbocycles. The van der Waals surface area contributed by atoms with Gasteiger partial charge in [0, 0.05) is 5.39 Å². The molecule has 16 heavy (non-hydrogen) atoms. The molecule has 80 valence electrons. The Morgan fingerprint density at radius 2 is 2.12 bits per heavy atom. The van der Waals surface area contributed by atoms with Crippen LogP contribution in [0.1, 0.15) is 5.69 Å². The topological polar surface area (TPSA) is 50.2 Å². The Morgan fingerprint density at radius 3 is 2.94 bits per heavy atom. The molecule has 0 bridgehead atoms. The number of benzene rings is 1. The number of aromatic amines is 1. The van der Waals surface area contributed by atoms with Gasteiger partial charge in [-0.25, -0.2) is 14.2 Å². The minimum absolute atomic E-state index is 0.179. The summed E-state index contributed by atoms with van der Waals surface area (Å²) in [5, 5.41) is 0.941. The van der Waals surface area contributed by atoms with Crippen LogP contribution in [0.25, 0.3) is 16.6 Å². The first-order valence-electron chi connectivity index (χ1n) is 4.84. The first-order valence-corrected chi connectivity index (χ1v) is 5.63. The van der Waals surface area contributed by atoms with Gasteiger partial charge in [-0.05, 0) is 35.0 Å². The van der Waals surface area contributed by atoms with E-state index in [2.05, 4.69) is 25.9 Å². The van der Waals surface area contributed by atoms with E-state index >= 15 is 0 Å². The molecule has 0 amide bonds. The van der Waals surface area contributed by atoms with E-state index in [1.54, 1.807) is 0 Å². The second-order valence-corrected chi connectivity index (χ2v) is 4.37. The van der Waals surface area contributed by atoms with E-state index in [4.69, 9.17) is 0 Å². The maximum absolute atomic E-state index is 11.9. The zero-order chi connectivity index (χ0) is 11.3. The van der Waals surface area contributed by atoms with Crippen LogP contribution in [-0.4, -0.2) is 14.4 Å². The van der Waals surface area contributed by atoms with Crippen LogP contribution < -0.4 is 5.69 Å². The van der Waals surface area contributed by atoms with Crippen molar-refractivity contribution in [1.82, 2.24) is 14.4 Å². The summed E-state index contributed by atoms with van der Waals surface area (Å²) in [6.45, 7) is 1.87. The molecule has 0 saturated carbocycles. The molecular weight excluding hydrogens is 270 g/mol. The van der Waals surface area contributed by atoms with Gasteiger partial charge in [0.1, 0.15) is 4.60 Å². The third-order valence-corrected chi connectivity index (χ3v) is 3.52. The summed E-state index contributed by atoms with van der Waals surface area (Å²) < 4.78 is 2.24. The molecule has 3 aromatic rings. The van der Waals surface area contributed by atoms with Crippen LogP contribution in [0.4, 0.5) is 0 Å². The Morgan fingerprint density at radius 1 is 1.38 bits per heavy atom. The maximum atomic E-state index is 11.9. The first kappa shape index (κ1) is 9.59. The largest absolute Gasteiger partial charge is 0.332 e. The number of rotatable bonds is 0. The van der Waals surface area contributed by atoms with Crippen LogP contribution >= 0.6 is 15.9 Å². The normalized spacial score (nSPS) is 11.4. The summed E-state index contributed by atoms with van der Waals surface area (Å²) in [4.78, 5) is 19.1. The number of hydrogen-bond acceptors (Lipinski definition) is 2. The van der Waals surface area contributed by atoms with Crippen LogP contribution in [0.5, 0.6) is 0 Å². The lowest BCUT2D eigenvalue weighted by Gasteiger charge is -1.99. The molecule has 0 fully saturated rings. The third kappa shape index (κ3) is 1.15. The Kier molecular flexibility index (Phi) is 1.91. The highest BCUT2D eigenvalue weighted by Gasteiger charge is 2.11. The van der Waals surface area contributed by atoms with E-state index in [1.807, 2.05) is 31.2 Å². The van der Waals surface area contributed by atoms with Crippen LogP contribution in [0, 0.1) is 6.92 Å². The zero-order valence-corrected chi connectivity index (χ0v) is 10.1. The predicted octanol–water partition coefficient (Wildman–Crippen LogP) is 2.25. The van der Waals surface area contributed by atoms with Gasteiger partial charge in [-0.15, -0.1) is 0 Å². The number of nitrogens with one attached hydrogen (secondary N) is 1. The number of para-hydroxylation sites is 1. The second-order valence-electron chi connectivity index (χ2n) is 3.62. The fourth-order valence-electron chi connectivity index (χ4n) is 1.83. The van der Waals surface area contributed by atoms with Crippen molar-refractivity contribution in [1.29, 1.82) is 0 Å². The number of H-pyrrole nitrogens is 1. The summed E-state index contributed by atoms with van der Waals surface area (Å²) in [6, 6.07) is 7.63. The molecule has 3 rings (SSSR count). The van der Waals surface area contributed by atoms with Crippen molar-refractivity contribution in [3.05, 3.63) is 45.0 Å². The minimum atomic E-state index is -0.179. The van der Waals surface area contributed by atoms with Crippen molar-refractivity contribution >= 4 is 32.5 Å². The maximum Gasteiger partial charge on any atom is 0.332 e. The average molecular weight is 278 g/mol. The van der Waals surface area contributed by atoms with Crippen molar-refractivity contribution in [2.75, 3.05) is 0 Å². The Bertz CT molecular complexity index is 757. The smallest absolute Gasteiger partial charge is 0.306 e. The van der Waals surface area contributed by atoms with Crippen molar-refractivity contribution in [3.8, 4) is 0 Å². The van der Waals surface area contributed by atoms with Gasteiger partial charge in [-0.3, -0.25) is 0 Å². The van der Waals surface area contributed by atoms with E-state index < -0.39 is 0 Å². The molecule has 0 spiro atoms. The molecule has 2 heterocycles. The van der Waals surface area contributed by atoms with Crippen molar-refractivity contribution in [3.63, 3.8) is 0 Å². The number of aryl methyl sites for hydroxylation is 1. The van der Waals surface area contributed by atoms with Crippen molar-refractivity contribution < 1.29 is 0 Å². The van der Waals surface area contributed by atoms with Gasteiger partial charge in [0.2, 0.25) is 0 Å². The van der Waals surface area contributed by atoms with Gasteiger partial charge in [-0.1, -0.05) is 12.1 Å². The van der Waals surface area contributed by atoms with Gasteiger partial charge in [-0.2, -0.15) is 0 Å².